The summed E-state index contributed by atoms with van der Waals surface area (Å²) in [5.41, 5.74) is 6.78. The van der Waals surface area contributed by atoms with Crippen molar-refractivity contribution in [3.8, 4) is 6.07 Å². The molecule has 6 nitrogen and oxygen atoms in total. The minimum atomic E-state index is -1.68. The number of halogens is 1. The van der Waals surface area contributed by atoms with Crippen LogP contribution in [0.1, 0.15) is 40.7 Å². The van der Waals surface area contributed by atoms with Crippen LogP contribution >= 0.6 is 12.3 Å². The van der Waals surface area contributed by atoms with Crippen LogP contribution in [0.5, 0.6) is 0 Å². The fourth-order valence-electron chi connectivity index (χ4n) is 4.32. The number of aryl methyl sites for hydroxylation is 2. The first-order valence-electron chi connectivity index (χ1n) is 9.79. The normalized spacial score (nSPS) is 15.5. The number of benzene rings is 2. The molecule has 2 aromatic carbocycles. The van der Waals surface area contributed by atoms with Gasteiger partial charge in [-0.05, 0) is 85.0 Å². The van der Waals surface area contributed by atoms with Gasteiger partial charge >= 0.3 is 0 Å². The molecule has 0 radical (unpaired) electrons. The van der Waals surface area contributed by atoms with Gasteiger partial charge in [0.15, 0.2) is 12.3 Å². The van der Waals surface area contributed by atoms with Crippen LogP contribution < -0.4 is 5.32 Å². The van der Waals surface area contributed by atoms with E-state index in [-0.39, 0.29) is 23.4 Å². The average molecular weight is 440 g/mol. The van der Waals surface area contributed by atoms with Gasteiger partial charge in [0.1, 0.15) is 10.8 Å². The maximum atomic E-state index is 13.6. The highest BCUT2D eigenvalue weighted by Gasteiger charge is 2.26. The third-order valence-electron chi connectivity index (χ3n) is 5.70. The molecule has 0 aliphatic heterocycles. The van der Waals surface area contributed by atoms with Crippen molar-refractivity contribution in [2.45, 2.75) is 48.6 Å². The van der Waals surface area contributed by atoms with E-state index in [0.29, 0.717) is 10.5 Å². The summed E-state index contributed by atoms with van der Waals surface area (Å²) in [7, 11) is -1.68. The van der Waals surface area contributed by atoms with E-state index in [1.165, 1.54) is 22.3 Å². The molecule has 2 aliphatic rings. The number of hydrogen-bond acceptors (Lipinski definition) is 6. The number of nitrogens with one attached hydrogen (secondary N) is 1. The van der Waals surface area contributed by atoms with Gasteiger partial charge < -0.3 is 5.32 Å². The molecule has 1 aromatic heterocycles. The van der Waals surface area contributed by atoms with Gasteiger partial charge in [0.05, 0.1) is 11.6 Å². The number of anilines is 2. The molecule has 1 atom stereocenters. The molecule has 0 amide bonds. The molecule has 30 heavy (non-hydrogen) atoms. The lowest BCUT2D eigenvalue weighted by atomic mass is 9.99. The Balaban J connectivity index is 1.50. The van der Waals surface area contributed by atoms with Gasteiger partial charge in [-0.3, -0.25) is 0 Å². The van der Waals surface area contributed by atoms with Crippen molar-refractivity contribution in [3.63, 3.8) is 0 Å². The summed E-state index contributed by atoms with van der Waals surface area (Å²) >= 11 is -0.0762. The Kier molecular flexibility index (Phi) is 5.05. The van der Waals surface area contributed by atoms with E-state index in [9.17, 15) is 8.09 Å². The number of rotatable bonds is 5. The smallest absolute Gasteiger partial charge is 0.246 e. The molecule has 9 heteroatoms. The van der Waals surface area contributed by atoms with Crippen molar-refractivity contribution < 1.29 is 8.09 Å². The maximum Gasteiger partial charge on any atom is 0.246 e. The highest BCUT2D eigenvalue weighted by atomic mass is 32.2. The lowest BCUT2D eigenvalue weighted by molar-refractivity contribution is 0.675. The molecule has 0 spiro atoms. The van der Waals surface area contributed by atoms with E-state index in [1.54, 1.807) is 24.3 Å². The Morgan fingerprint density at radius 2 is 1.77 bits per heavy atom. The second-order valence-electron chi connectivity index (χ2n) is 7.42. The van der Waals surface area contributed by atoms with Crippen molar-refractivity contribution >= 4 is 34.8 Å². The van der Waals surface area contributed by atoms with Crippen LogP contribution in [0, 0.1) is 11.3 Å². The summed E-state index contributed by atoms with van der Waals surface area (Å²) in [5.74, 6) is 0.230. The third kappa shape index (κ3) is 3.30. The summed E-state index contributed by atoms with van der Waals surface area (Å²) in [6.45, 7) is 0. The molecule has 152 valence electrons. The molecule has 1 unspecified atom stereocenters. The first kappa shape index (κ1) is 19.3. The molecule has 2 aliphatic carbocycles. The second-order valence-corrected chi connectivity index (χ2v) is 9.28. The van der Waals surface area contributed by atoms with Crippen molar-refractivity contribution in [3.05, 3.63) is 58.1 Å². The first-order chi connectivity index (χ1) is 14.7. The standard InChI is InChI=1S/C21H18FN5OS2/c22-29-27-20(25-21(26-27)30(28)16-9-7-13(12-23)8-10-16)24-19-17-5-1-3-14(17)11-15-4-2-6-18(15)19/h7-11H,1-6H2,(H,24,25,26). The van der Waals surface area contributed by atoms with E-state index in [1.807, 2.05) is 6.07 Å². The SMILES string of the molecule is N#Cc1ccc(S(=O)c2nc(Nc3c4c(cc5c3CCC5)CCC4)n(SF)n2)cc1. The van der Waals surface area contributed by atoms with Gasteiger partial charge in [0.2, 0.25) is 11.1 Å². The minimum Gasteiger partial charge on any atom is -0.323 e. The van der Waals surface area contributed by atoms with Crippen molar-refractivity contribution in [2.24, 2.45) is 0 Å². The summed E-state index contributed by atoms with van der Waals surface area (Å²) in [5, 5.41) is 16.4. The zero-order valence-corrected chi connectivity index (χ0v) is 17.7. The highest BCUT2D eigenvalue weighted by molar-refractivity contribution is 7.92. The lowest BCUT2D eigenvalue weighted by Gasteiger charge is -2.16. The van der Waals surface area contributed by atoms with E-state index < -0.39 is 10.8 Å². The Labute approximate surface area is 180 Å². The monoisotopic (exact) mass is 439 g/mol. The van der Waals surface area contributed by atoms with Crippen LogP contribution in [0.4, 0.5) is 15.5 Å². The maximum absolute atomic E-state index is 13.6. The molecule has 0 saturated heterocycles. The molecule has 3 aromatic rings. The third-order valence-corrected chi connectivity index (χ3v) is 7.29. The van der Waals surface area contributed by atoms with Gasteiger partial charge in [-0.1, -0.05) is 6.07 Å². The van der Waals surface area contributed by atoms with Gasteiger partial charge in [-0.25, -0.2) is 4.21 Å². The Hall–Kier alpha value is -2.70. The molecule has 5 rings (SSSR count). The minimum absolute atomic E-state index is 0.0246. The summed E-state index contributed by atoms with van der Waals surface area (Å²) in [6.07, 6.45) is 6.35. The van der Waals surface area contributed by atoms with E-state index in [4.69, 9.17) is 5.26 Å². The van der Waals surface area contributed by atoms with Crippen LogP contribution in [-0.2, 0) is 36.5 Å². The van der Waals surface area contributed by atoms with Crippen LogP contribution in [0.3, 0.4) is 0 Å². The summed E-state index contributed by atoms with van der Waals surface area (Å²) in [6, 6.07) is 10.7. The number of fused-ring (bicyclic) bond motifs is 2. The number of aromatic nitrogens is 3. The van der Waals surface area contributed by atoms with Crippen molar-refractivity contribution in [1.82, 2.24) is 14.2 Å². The predicted octanol–water partition coefficient (Wildman–Crippen LogP) is 4.42. The fraction of sp³-hybridized carbons (Fsp3) is 0.286. The molecule has 0 saturated carbocycles. The zero-order chi connectivity index (χ0) is 20.7. The number of nitriles is 1. The van der Waals surface area contributed by atoms with Gasteiger partial charge in [-0.15, -0.1) is 13.1 Å². The summed E-state index contributed by atoms with van der Waals surface area (Å²) < 4.78 is 27.5. The predicted molar refractivity (Wildman–Crippen MR) is 114 cm³/mol. The topological polar surface area (TPSA) is 83.6 Å². The molecule has 1 heterocycles. The molecule has 0 fully saturated rings. The number of nitrogens with zero attached hydrogens (tertiary/aromatic N) is 4. The quantitative estimate of drug-likeness (QED) is 0.634. The Morgan fingerprint density at radius 3 is 2.37 bits per heavy atom. The second kappa shape index (κ2) is 7.85. The van der Waals surface area contributed by atoms with Crippen molar-refractivity contribution in [1.29, 1.82) is 5.26 Å². The van der Waals surface area contributed by atoms with Crippen LogP contribution in [0.15, 0.2) is 40.4 Å². The van der Waals surface area contributed by atoms with Crippen molar-refractivity contribution in [2.75, 3.05) is 5.32 Å². The highest BCUT2D eigenvalue weighted by Crippen LogP contribution is 2.40. The molecule has 0 bridgehead atoms. The Bertz CT molecular complexity index is 1170. The largest absolute Gasteiger partial charge is 0.323 e. The van der Waals surface area contributed by atoms with Gasteiger partial charge in [-0.2, -0.15) is 10.2 Å². The zero-order valence-electron chi connectivity index (χ0n) is 16.0. The van der Waals surface area contributed by atoms with Crippen LogP contribution in [0.2, 0.25) is 0 Å². The van der Waals surface area contributed by atoms with E-state index in [0.717, 1.165) is 48.3 Å². The van der Waals surface area contributed by atoms with Gasteiger partial charge in [0.25, 0.3) is 0 Å². The van der Waals surface area contributed by atoms with Crippen LogP contribution in [0.25, 0.3) is 0 Å². The van der Waals surface area contributed by atoms with Gasteiger partial charge in [0, 0.05) is 10.6 Å². The average Bonchev–Trinajstić information content (AvgIpc) is 3.52. The first-order valence-corrected chi connectivity index (χ1v) is 11.6. The molecular formula is C21H18FN5OS2. The Morgan fingerprint density at radius 1 is 1.10 bits per heavy atom. The fourth-order valence-corrected chi connectivity index (χ4v) is 5.55. The van der Waals surface area contributed by atoms with E-state index >= 15 is 0 Å². The number of hydrogen-bond donors (Lipinski definition) is 1. The molecular weight excluding hydrogens is 421 g/mol. The molecule has 1 N–H and O–H groups in total. The lowest BCUT2D eigenvalue weighted by Crippen LogP contribution is -2.05. The summed E-state index contributed by atoms with van der Waals surface area (Å²) in [4.78, 5) is 4.82. The van der Waals surface area contributed by atoms with Crippen LogP contribution in [-0.4, -0.2) is 18.4 Å². The van der Waals surface area contributed by atoms with E-state index in [2.05, 4.69) is 21.5 Å².